The molecule has 0 radical (unpaired) electrons. The predicted molar refractivity (Wildman–Crippen MR) is 86.3 cm³/mol. The number of benzene rings is 2. The Hall–Kier alpha value is -1.61. The molecular weight excluding hydrogens is 252 g/mol. The van der Waals surface area contributed by atoms with Gasteiger partial charge in [-0.1, -0.05) is 18.2 Å². The van der Waals surface area contributed by atoms with Crippen LogP contribution in [0.4, 0.5) is 11.4 Å². The Morgan fingerprint density at radius 1 is 1.05 bits per heavy atom. The van der Waals surface area contributed by atoms with Crippen molar-refractivity contribution in [3.63, 3.8) is 0 Å². The molecule has 0 aliphatic rings. The summed E-state index contributed by atoms with van der Waals surface area (Å²) in [4.78, 5) is 3.40. The zero-order valence-electron chi connectivity index (χ0n) is 11.7. The Bertz CT molecular complexity index is 521. The predicted octanol–water partition coefficient (Wildman–Crippen LogP) is 4.09. The van der Waals surface area contributed by atoms with Gasteiger partial charge in [-0.25, -0.2) is 0 Å². The molecule has 0 aliphatic carbocycles. The smallest absolute Gasteiger partial charge is 0.0400 e. The van der Waals surface area contributed by atoms with E-state index in [1.807, 2.05) is 0 Å². The van der Waals surface area contributed by atoms with Crippen molar-refractivity contribution < 1.29 is 0 Å². The molecule has 0 saturated carbocycles. The Morgan fingerprint density at radius 3 is 2.42 bits per heavy atom. The zero-order valence-corrected chi connectivity index (χ0v) is 12.5. The van der Waals surface area contributed by atoms with Gasteiger partial charge in [0.1, 0.15) is 0 Å². The summed E-state index contributed by atoms with van der Waals surface area (Å²) in [5.41, 5.74) is 3.69. The second kappa shape index (κ2) is 6.53. The number of nitrogens with zero attached hydrogens (tertiary/aromatic N) is 1. The maximum absolute atomic E-state index is 3.46. The number of hydrogen-bond donors (Lipinski definition) is 1. The molecule has 0 aliphatic heterocycles. The summed E-state index contributed by atoms with van der Waals surface area (Å²) in [6.07, 6.45) is 2.10. The van der Waals surface area contributed by atoms with Gasteiger partial charge in [0.2, 0.25) is 0 Å². The van der Waals surface area contributed by atoms with E-state index in [2.05, 4.69) is 79.1 Å². The molecule has 0 bridgehead atoms. The quantitative estimate of drug-likeness (QED) is 0.825. The summed E-state index contributed by atoms with van der Waals surface area (Å²) in [7, 11) is 4.11. The summed E-state index contributed by atoms with van der Waals surface area (Å²) in [5.74, 6) is 0. The number of nitrogens with one attached hydrogen (secondary N) is 1. The van der Waals surface area contributed by atoms with Gasteiger partial charge in [0.25, 0.3) is 0 Å². The fraction of sp³-hybridized carbons (Fsp3) is 0.250. The lowest BCUT2D eigenvalue weighted by atomic mass is 10.2. The summed E-state index contributed by atoms with van der Waals surface area (Å²) in [5, 5.41) is 3.46. The highest BCUT2D eigenvalue weighted by Crippen LogP contribution is 2.20. The molecule has 0 fully saturated rings. The Morgan fingerprint density at radius 2 is 1.79 bits per heavy atom. The molecule has 0 aromatic heterocycles. The summed E-state index contributed by atoms with van der Waals surface area (Å²) in [6.45, 7) is 0.853. The highest BCUT2D eigenvalue weighted by Gasteiger charge is 1.98. The average molecular weight is 272 g/mol. The molecule has 0 spiro atoms. The molecule has 0 unspecified atom stereocenters. The minimum absolute atomic E-state index is 0.853. The van der Waals surface area contributed by atoms with E-state index >= 15 is 0 Å². The number of rotatable bonds is 5. The lowest BCUT2D eigenvalue weighted by Gasteiger charge is -2.13. The van der Waals surface area contributed by atoms with Gasteiger partial charge in [-0.15, -0.1) is 11.8 Å². The third-order valence-electron chi connectivity index (χ3n) is 3.02. The first-order chi connectivity index (χ1) is 9.19. The number of anilines is 2. The van der Waals surface area contributed by atoms with Crippen molar-refractivity contribution in [2.45, 2.75) is 11.4 Å². The van der Waals surface area contributed by atoms with Crippen molar-refractivity contribution in [2.75, 3.05) is 30.6 Å². The van der Waals surface area contributed by atoms with Crippen LogP contribution in [0.25, 0.3) is 0 Å². The topological polar surface area (TPSA) is 15.3 Å². The van der Waals surface area contributed by atoms with E-state index in [1.54, 1.807) is 11.8 Å². The molecule has 2 aromatic carbocycles. The molecule has 100 valence electrons. The molecule has 2 rings (SSSR count). The van der Waals surface area contributed by atoms with E-state index in [4.69, 9.17) is 0 Å². The average Bonchev–Trinajstić information content (AvgIpc) is 2.46. The highest BCUT2D eigenvalue weighted by atomic mass is 32.2. The van der Waals surface area contributed by atoms with Crippen LogP contribution in [0.1, 0.15) is 5.56 Å². The number of thioether (sulfide) groups is 1. The zero-order chi connectivity index (χ0) is 13.7. The molecule has 0 atom stereocenters. The van der Waals surface area contributed by atoms with Crippen molar-refractivity contribution >= 4 is 23.1 Å². The Labute approximate surface area is 119 Å². The van der Waals surface area contributed by atoms with Crippen LogP contribution in [0.3, 0.4) is 0 Å². The molecule has 19 heavy (non-hydrogen) atoms. The van der Waals surface area contributed by atoms with Crippen LogP contribution in [-0.4, -0.2) is 20.4 Å². The Kier molecular flexibility index (Phi) is 4.74. The highest BCUT2D eigenvalue weighted by molar-refractivity contribution is 7.98. The van der Waals surface area contributed by atoms with Crippen molar-refractivity contribution in [2.24, 2.45) is 0 Å². The van der Waals surface area contributed by atoms with Gasteiger partial charge in [-0.05, 0) is 42.2 Å². The second-order valence-corrected chi connectivity index (χ2v) is 5.53. The van der Waals surface area contributed by atoms with Gasteiger partial charge in [0, 0.05) is 36.9 Å². The van der Waals surface area contributed by atoms with Gasteiger partial charge in [0.15, 0.2) is 0 Å². The third kappa shape index (κ3) is 3.93. The molecular formula is C16H20N2S. The molecule has 2 aromatic rings. The van der Waals surface area contributed by atoms with Gasteiger partial charge in [0.05, 0.1) is 0 Å². The Balaban J connectivity index is 1.98. The van der Waals surface area contributed by atoms with E-state index in [0.29, 0.717) is 0 Å². The lowest BCUT2D eigenvalue weighted by Crippen LogP contribution is -2.08. The van der Waals surface area contributed by atoms with Crippen LogP contribution in [0, 0.1) is 0 Å². The molecule has 0 heterocycles. The summed E-state index contributed by atoms with van der Waals surface area (Å²) in [6, 6.07) is 17.1. The van der Waals surface area contributed by atoms with Gasteiger partial charge in [-0.3, -0.25) is 0 Å². The van der Waals surface area contributed by atoms with Crippen LogP contribution in [0.2, 0.25) is 0 Å². The maximum Gasteiger partial charge on any atom is 0.0400 e. The van der Waals surface area contributed by atoms with Gasteiger partial charge < -0.3 is 10.2 Å². The lowest BCUT2D eigenvalue weighted by molar-refractivity contribution is 1.11. The molecule has 0 saturated heterocycles. The van der Waals surface area contributed by atoms with E-state index < -0.39 is 0 Å². The van der Waals surface area contributed by atoms with Gasteiger partial charge in [-0.2, -0.15) is 0 Å². The first kappa shape index (κ1) is 13.8. The van der Waals surface area contributed by atoms with Crippen LogP contribution < -0.4 is 10.2 Å². The minimum atomic E-state index is 0.853. The third-order valence-corrected chi connectivity index (χ3v) is 3.74. The van der Waals surface area contributed by atoms with E-state index in [1.165, 1.54) is 21.8 Å². The van der Waals surface area contributed by atoms with E-state index in [9.17, 15) is 0 Å². The van der Waals surface area contributed by atoms with Crippen molar-refractivity contribution in [3.8, 4) is 0 Å². The fourth-order valence-corrected chi connectivity index (χ4v) is 2.31. The van der Waals surface area contributed by atoms with Gasteiger partial charge >= 0.3 is 0 Å². The fourth-order valence-electron chi connectivity index (χ4n) is 1.85. The first-order valence-corrected chi connectivity index (χ1v) is 7.55. The second-order valence-electron chi connectivity index (χ2n) is 4.65. The van der Waals surface area contributed by atoms with Crippen LogP contribution in [0.15, 0.2) is 53.4 Å². The summed E-state index contributed by atoms with van der Waals surface area (Å²) >= 11 is 1.76. The first-order valence-electron chi connectivity index (χ1n) is 6.33. The SMILES string of the molecule is CSc1cccc(NCc2ccc(N(C)C)cc2)c1. The largest absolute Gasteiger partial charge is 0.381 e. The van der Waals surface area contributed by atoms with E-state index in [-0.39, 0.29) is 0 Å². The normalized spacial score (nSPS) is 10.3. The van der Waals surface area contributed by atoms with Crippen molar-refractivity contribution in [3.05, 3.63) is 54.1 Å². The monoisotopic (exact) mass is 272 g/mol. The summed E-state index contributed by atoms with van der Waals surface area (Å²) < 4.78 is 0. The van der Waals surface area contributed by atoms with Crippen molar-refractivity contribution in [1.29, 1.82) is 0 Å². The van der Waals surface area contributed by atoms with Crippen LogP contribution in [-0.2, 0) is 6.54 Å². The van der Waals surface area contributed by atoms with Crippen molar-refractivity contribution in [1.82, 2.24) is 0 Å². The molecule has 3 heteroatoms. The van der Waals surface area contributed by atoms with E-state index in [0.717, 1.165) is 6.54 Å². The molecule has 0 amide bonds. The molecule has 1 N–H and O–H groups in total. The molecule has 2 nitrogen and oxygen atoms in total. The minimum Gasteiger partial charge on any atom is -0.381 e. The standard InChI is InChI=1S/C16H20N2S/c1-18(2)15-9-7-13(8-10-15)12-17-14-5-4-6-16(11-14)19-3/h4-11,17H,12H2,1-3H3. The number of hydrogen-bond acceptors (Lipinski definition) is 3. The maximum atomic E-state index is 3.46. The van der Waals surface area contributed by atoms with Crippen LogP contribution in [0.5, 0.6) is 0 Å². The van der Waals surface area contributed by atoms with Crippen LogP contribution >= 0.6 is 11.8 Å².